The first-order valence-corrected chi connectivity index (χ1v) is 10.5. The quantitative estimate of drug-likeness (QED) is 0.319. The molecule has 0 aromatic heterocycles. The van der Waals surface area contributed by atoms with Gasteiger partial charge in [0.2, 0.25) is 0 Å². The highest BCUT2D eigenvalue weighted by Crippen LogP contribution is 2.08. The number of carbonyl (C=O) groups is 1. The number of ether oxygens (including phenoxy) is 2. The Morgan fingerprint density at radius 3 is 1.42 bits per heavy atom. The maximum Gasteiger partial charge on any atom is 0.508 e. The van der Waals surface area contributed by atoms with E-state index in [4.69, 9.17) is 9.47 Å². The minimum Gasteiger partial charge on any atom is -0.434 e. The van der Waals surface area contributed by atoms with Crippen LogP contribution in [0.2, 0.25) is 0 Å². The van der Waals surface area contributed by atoms with Crippen LogP contribution in [-0.4, -0.2) is 66.4 Å². The third-order valence-corrected chi connectivity index (χ3v) is 4.71. The van der Waals surface area contributed by atoms with Gasteiger partial charge in [-0.15, -0.1) is 0 Å². The van der Waals surface area contributed by atoms with Gasteiger partial charge in [-0.25, -0.2) is 4.79 Å². The third-order valence-electron chi connectivity index (χ3n) is 4.71. The Bertz CT molecular complexity index is 341. The molecule has 0 saturated carbocycles. The number of nitrogens with zero attached hydrogens (tertiary/aromatic N) is 2. The molecule has 0 amide bonds. The van der Waals surface area contributed by atoms with Crippen LogP contribution >= 0.6 is 0 Å². The van der Waals surface area contributed by atoms with Crippen molar-refractivity contribution in [2.24, 2.45) is 0 Å². The largest absolute Gasteiger partial charge is 0.508 e. The molecule has 0 rings (SSSR count). The van der Waals surface area contributed by atoms with E-state index in [0.29, 0.717) is 37.4 Å². The number of carbonyl (C=O) groups excluding carboxylic acids is 1. The van der Waals surface area contributed by atoms with Crippen LogP contribution in [0.1, 0.15) is 81.1 Å². The van der Waals surface area contributed by atoms with E-state index in [0.717, 1.165) is 38.8 Å². The van der Waals surface area contributed by atoms with Gasteiger partial charge in [-0.2, -0.15) is 0 Å². The van der Waals surface area contributed by atoms with Crippen molar-refractivity contribution in [1.82, 2.24) is 9.80 Å². The fourth-order valence-corrected chi connectivity index (χ4v) is 3.40. The Hall–Kier alpha value is -0.810. The van der Waals surface area contributed by atoms with Crippen LogP contribution in [-0.2, 0) is 9.47 Å². The van der Waals surface area contributed by atoms with E-state index in [9.17, 15) is 4.79 Å². The van der Waals surface area contributed by atoms with Gasteiger partial charge in [0.15, 0.2) is 0 Å². The Balaban J connectivity index is 3.69. The summed E-state index contributed by atoms with van der Waals surface area (Å²) in [5, 5.41) is 0. The first-order chi connectivity index (χ1) is 12.2. The molecular weight excluding hydrogens is 328 g/mol. The van der Waals surface area contributed by atoms with E-state index in [1.165, 1.54) is 0 Å². The maximum atomic E-state index is 11.6. The van der Waals surface area contributed by atoms with Crippen LogP contribution in [0.5, 0.6) is 0 Å². The Kier molecular flexibility index (Phi) is 13.8. The molecule has 5 nitrogen and oxygen atoms in total. The topological polar surface area (TPSA) is 42.0 Å². The lowest BCUT2D eigenvalue weighted by Crippen LogP contribution is -2.38. The van der Waals surface area contributed by atoms with Crippen molar-refractivity contribution in [3.63, 3.8) is 0 Å². The van der Waals surface area contributed by atoms with Gasteiger partial charge in [-0.05, 0) is 87.6 Å². The van der Waals surface area contributed by atoms with Gasteiger partial charge in [-0.1, -0.05) is 0 Å². The monoisotopic (exact) mass is 372 g/mol. The van der Waals surface area contributed by atoms with Crippen molar-refractivity contribution < 1.29 is 14.3 Å². The summed E-state index contributed by atoms with van der Waals surface area (Å²) in [4.78, 5) is 16.5. The summed E-state index contributed by atoms with van der Waals surface area (Å²) in [6, 6.07) is 2.15. The summed E-state index contributed by atoms with van der Waals surface area (Å²) in [6.07, 6.45) is 3.41. The molecule has 0 unspecified atom stereocenters. The number of rotatable bonds is 14. The summed E-state index contributed by atoms with van der Waals surface area (Å²) in [5.74, 6) is 0. The van der Waals surface area contributed by atoms with E-state index in [1.807, 2.05) is 0 Å². The Morgan fingerprint density at radius 1 is 0.615 bits per heavy atom. The summed E-state index contributed by atoms with van der Waals surface area (Å²) >= 11 is 0. The first kappa shape index (κ1) is 25.2. The Labute approximate surface area is 162 Å². The van der Waals surface area contributed by atoms with Crippen molar-refractivity contribution >= 4 is 6.16 Å². The molecule has 0 aliphatic heterocycles. The second kappa shape index (κ2) is 14.3. The molecule has 0 atom stereocenters. The molecule has 0 N–H and O–H groups in total. The summed E-state index contributed by atoms with van der Waals surface area (Å²) in [6.45, 7) is 20.6. The van der Waals surface area contributed by atoms with Crippen LogP contribution in [0.25, 0.3) is 0 Å². The zero-order chi connectivity index (χ0) is 20.1. The molecule has 0 aliphatic carbocycles. The van der Waals surface area contributed by atoms with E-state index >= 15 is 0 Å². The van der Waals surface area contributed by atoms with Crippen molar-refractivity contribution in [3.8, 4) is 0 Å². The van der Waals surface area contributed by atoms with Crippen LogP contribution in [0.4, 0.5) is 4.79 Å². The summed E-state index contributed by atoms with van der Waals surface area (Å²) in [7, 11) is 0. The minimum atomic E-state index is -0.531. The van der Waals surface area contributed by atoms with Gasteiger partial charge >= 0.3 is 6.16 Å². The van der Waals surface area contributed by atoms with E-state index < -0.39 is 6.16 Å². The van der Waals surface area contributed by atoms with E-state index in [-0.39, 0.29) is 0 Å². The number of unbranched alkanes of at least 4 members (excludes halogenated alkanes) is 2. The lowest BCUT2D eigenvalue weighted by atomic mass is 10.2. The van der Waals surface area contributed by atoms with Crippen LogP contribution in [0.15, 0.2) is 0 Å². The Morgan fingerprint density at radius 2 is 1.00 bits per heavy atom. The standard InChI is InChI=1S/C21H44N2O3/c1-17(2)22(18(3)4)13-10-9-11-15-25-21(24)26-16-12-14-23(19(5)6)20(7)8/h17-20H,9-16H2,1-8H3. The zero-order valence-corrected chi connectivity index (χ0v) is 18.6. The zero-order valence-electron chi connectivity index (χ0n) is 18.6. The summed E-state index contributed by atoms with van der Waals surface area (Å²) < 4.78 is 10.3. The predicted molar refractivity (Wildman–Crippen MR) is 110 cm³/mol. The predicted octanol–water partition coefficient (Wildman–Crippen LogP) is 4.94. The molecule has 0 fully saturated rings. The fraction of sp³-hybridized carbons (Fsp3) is 0.952. The molecule has 0 bridgehead atoms. The molecule has 0 aromatic rings. The molecular formula is C21H44N2O3. The van der Waals surface area contributed by atoms with Crippen molar-refractivity contribution in [3.05, 3.63) is 0 Å². The molecule has 0 saturated heterocycles. The number of hydrogen-bond donors (Lipinski definition) is 0. The van der Waals surface area contributed by atoms with Gasteiger partial charge < -0.3 is 9.47 Å². The fourth-order valence-electron chi connectivity index (χ4n) is 3.40. The average molecular weight is 373 g/mol. The lowest BCUT2D eigenvalue weighted by molar-refractivity contribution is 0.0490. The molecule has 156 valence electrons. The molecule has 0 aromatic carbocycles. The normalized spacial score (nSPS) is 12.2. The van der Waals surface area contributed by atoms with E-state index in [1.54, 1.807) is 0 Å². The molecule has 26 heavy (non-hydrogen) atoms. The SMILES string of the molecule is CC(C)N(CCCCCOC(=O)OCCCN(C(C)C)C(C)C)C(C)C. The second-order valence-corrected chi connectivity index (χ2v) is 8.21. The highest BCUT2D eigenvalue weighted by Gasteiger charge is 2.14. The molecule has 0 aliphatic rings. The first-order valence-electron chi connectivity index (χ1n) is 10.5. The maximum absolute atomic E-state index is 11.6. The van der Waals surface area contributed by atoms with Crippen LogP contribution < -0.4 is 0 Å². The van der Waals surface area contributed by atoms with Gasteiger partial charge in [0.05, 0.1) is 13.2 Å². The van der Waals surface area contributed by atoms with Crippen molar-refractivity contribution in [2.75, 3.05) is 26.3 Å². The van der Waals surface area contributed by atoms with Gasteiger partial charge in [-0.3, -0.25) is 9.80 Å². The number of hydrogen-bond acceptors (Lipinski definition) is 5. The molecule has 0 spiro atoms. The highest BCUT2D eigenvalue weighted by atomic mass is 16.7. The highest BCUT2D eigenvalue weighted by molar-refractivity contribution is 5.59. The molecule has 0 radical (unpaired) electrons. The molecule has 5 heteroatoms. The van der Waals surface area contributed by atoms with E-state index in [2.05, 4.69) is 65.2 Å². The van der Waals surface area contributed by atoms with Gasteiger partial charge in [0, 0.05) is 30.7 Å². The van der Waals surface area contributed by atoms with Crippen LogP contribution in [0.3, 0.4) is 0 Å². The van der Waals surface area contributed by atoms with Gasteiger partial charge in [0.25, 0.3) is 0 Å². The van der Waals surface area contributed by atoms with Crippen molar-refractivity contribution in [1.29, 1.82) is 0 Å². The molecule has 0 heterocycles. The van der Waals surface area contributed by atoms with Crippen molar-refractivity contribution in [2.45, 2.75) is 105 Å². The second-order valence-electron chi connectivity index (χ2n) is 8.21. The lowest BCUT2D eigenvalue weighted by Gasteiger charge is -2.30. The average Bonchev–Trinajstić information content (AvgIpc) is 2.52. The minimum absolute atomic E-state index is 0.423. The summed E-state index contributed by atoms with van der Waals surface area (Å²) in [5.41, 5.74) is 0. The van der Waals surface area contributed by atoms with Gasteiger partial charge in [0.1, 0.15) is 0 Å². The third kappa shape index (κ3) is 11.7. The van der Waals surface area contributed by atoms with Crippen LogP contribution in [0, 0.1) is 0 Å². The smallest absolute Gasteiger partial charge is 0.434 e.